The fourth-order valence-corrected chi connectivity index (χ4v) is 2.19. The van der Waals surface area contributed by atoms with Gasteiger partial charge >= 0.3 is 12.0 Å². The van der Waals surface area contributed by atoms with Crippen molar-refractivity contribution in [3.63, 3.8) is 0 Å². The number of aliphatic hydroxyl groups excluding tert-OH is 1. The van der Waals surface area contributed by atoms with Crippen LogP contribution in [0, 0.1) is 5.92 Å². The summed E-state index contributed by atoms with van der Waals surface area (Å²) in [4.78, 5) is 25.8. The highest BCUT2D eigenvalue weighted by molar-refractivity contribution is 5.74. The molecule has 2 N–H and O–H groups in total. The predicted octanol–water partition coefficient (Wildman–Crippen LogP) is 0.607. The number of amides is 2. The average molecular weight is 258 g/mol. The van der Waals surface area contributed by atoms with Crippen molar-refractivity contribution in [2.45, 2.75) is 25.7 Å². The first-order chi connectivity index (χ1) is 8.54. The molecule has 1 unspecified atom stereocenters. The summed E-state index contributed by atoms with van der Waals surface area (Å²) in [6.07, 6.45) is 2.43. The molecule has 0 aromatic rings. The number of piperidine rings is 1. The van der Waals surface area contributed by atoms with Gasteiger partial charge < -0.3 is 20.0 Å². The van der Waals surface area contributed by atoms with Crippen molar-refractivity contribution in [2.75, 3.05) is 33.3 Å². The molecule has 0 aromatic carbocycles. The van der Waals surface area contributed by atoms with E-state index in [1.165, 1.54) is 0 Å². The average Bonchev–Trinajstić information content (AvgIpc) is 2.37. The monoisotopic (exact) mass is 258 g/mol. The Bertz CT molecular complexity index is 296. The predicted molar refractivity (Wildman–Crippen MR) is 66.3 cm³/mol. The molecule has 6 heteroatoms. The number of aliphatic carboxylic acids is 1. The first kappa shape index (κ1) is 14.8. The highest BCUT2D eigenvalue weighted by atomic mass is 16.4. The number of carbonyl (C=O) groups excluding carboxylic acids is 1. The van der Waals surface area contributed by atoms with Gasteiger partial charge in [-0.05, 0) is 25.2 Å². The highest BCUT2D eigenvalue weighted by Gasteiger charge is 2.25. The molecule has 0 spiro atoms. The highest BCUT2D eigenvalue weighted by Crippen LogP contribution is 2.16. The third kappa shape index (κ3) is 4.52. The number of hydrogen-bond acceptors (Lipinski definition) is 3. The van der Waals surface area contributed by atoms with E-state index in [0.29, 0.717) is 19.5 Å². The Morgan fingerprint density at radius 3 is 2.78 bits per heavy atom. The maximum atomic E-state index is 12.1. The fourth-order valence-electron chi connectivity index (χ4n) is 2.19. The van der Waals surface area contributed by atoms with E-state index >= 15 is 0 Å². The van der Waals surface area contributed by atoms with Gasteiger partial charge in [0.25, 0.3) is 0 Å². The van der Waals surface area contributed by atoms with Crippen LogP contribution >= 0.6 is 0 Å². The smallest absolute Gasteiger partial charge is 0.319 e. The normalized spacial score (nSPS) is 19.7. The van der Waals surface area contributed by atoms with Gasteiger partial charge in [-0.25, -0.2) is 4.79 Å². The van der Waals surface area contributed by atoms with E-state index in [2.05, 4.69) is 0 Å². The van der Waals surface area contributed by atoms with Crippen LogP contribution < -0.4 is 0 Å². The SMILES string of the molecule is CN(CCCC(=O)O)C(=O)N1CCCC(CO)C1. The number of nitrogens with zero attached hydrogens (tertiary/aromatic N) is 2. The summed E-state index contributed by atoms with van der Waals surface area (Å²) in [6, 6.07) is -0.0708. The van der Waals surface area contributed by atoms with Crippen LogP contribution in [-0.4, -0.2) is 65.3 Å². The molecular formula is C12H22N2O4. The number of carboxylic acids is 1. The number of likely N-dealkylation sites (tertiary alicyclic amines) is 1. The lowest BCUT2D eigenvalue weighted by Gasteiger charge is -2.34. The van der Waals surface area contributed by atoms with Crippen molar-refractivity contribution in [1.29, 1.82) is 0 Å². The molecule has 6 nitrogen and oxygen atoms in total. The molecule has 1 fully saturated rings. The van der Waals surface area contributed by atoms with Crippen molar-refractivity contribution in [1.82, 2.24) is 9.80 Å². The molecule has 18 heavy (non-hydrogen) atoms. The molecule has 0 saturated carbocycles. The first-order valence-corrected chi connectivity index (χ1v) is 6.37. The number of urea groups is 1. The van der Waals surface area contributed by atoms with Gasteiger partial charge in [0.2, 0.25) is 0 Å². The maximum Gasteiger partial charge on any atom is 0.319 e. The number of hydrogen-bond donors (Lipinski definition) is 2. The van der Waals surface area contributed by atoms with E-state index in [1.54, 1.807) is 16.8 Å². The Balaban J connectivity index is 2.35. The summed E-state index contributed by atoms with van der Waals surface area (Å²) in [6.45, 7) is 1.88. The second-order valence-electron chi connectivity index (χ2n) is 4.84. The maximum absolute atomic E-state index is 12.1. The molecule has 1 saturated heterocycles. The molecule has 1 atom stereocenters. The van der Waals surface area contributed by atoms with E-state index in [0.717, 1.165) is 19.4 Å². The summed E-state index contributed by atoms with van der Waals surface area (Å²) >= 11 is 0. The van der Waals surface area contributed by atoms with Gasteiger partial charge in [0.15, 0.2) is 0 Å². The van der Waals surface area contributed by atoms with Gasteiger partial charge in [-0.15, -0.1) is 0 Å². The molecule has 0 aromatic heterocycles. The van der Waals surface area contributed by atoms with Crippen LogP contribution in [-0.2, 0) is 4.79 Å². The minimum Gasteiger partial charge on any atom is -0.481 e. The van der Waals surface area contributed by atoms with E-state index < -0.39 is 5.97 Å². The fraction of sp³-hybridized carbons (Fsp3) is 0.833. The number of carboxylic acid groups (broad SMARTS) is 1. The third-order valence-corrected chi connectivity index (χ3v) is 3.26. The lowest BCUT2D eigenvalue weighted by Crippen LogP contribution is -2.47. The lowest BCUT2D eigenvalue weighted by molar-refractivity contribution is -0.137. The summed E-state index contributed by atoms with van der Waals surface area (Å²) in [5.74, 6) is -0.663. The van der Waals surface area contributed by atoms with Crippen molar-refractivity contribution in [3.05, 3.63) is 0 Å². The molecule has 0 aliphatic carbocycles. The van der Waals surface area contributed by atoms with Crippen LogP contribution in [0.5, 0.6) is 0 Å². The molecule has 1 aliphatic rings. The Labute approximate surface area is 107 Å². The Hall–Kier alpha value is -1.30. The zero-order chi connectivity index (χ0) is 13.5. The van der Waals surface area contributed by atoms with Crippen molar-refractivity contribution in [2.24, 2.45) is 5.92 Å². The number of aliphatic hydroxyl groups is 1. The van der Waals surface area contributed by atoms with Crippen molar-refractivity contribution in [3.8, 4) is 0 Å². The molecule has 0 bridgehead atoms. The summed E-state index contributed by atoms with van der Waals surface area (Å²) in [5.41, 5.74) is 0. The second-order valence-corrected chi connectivity index (χ2v) is 4.84. The van der Waals surface area contributed by atoms with Crippen LogP contribution in [0.3, 0.4) is 0 Å². The number of carbonyl (C=O) groups is 2. The molecule has 1 heterocycles. The van der Waals surface area contributed by atoms with Crippen molar-refractivity contribution >= 4 is 12.0 Å². The van der Waals surface area contributed by atoms with Crippen LogP contribution in [0.2, 0.25) is 0 Å². The molecule has 1 aliphatic heterocycles. The van der Waals surface area contributed by atoms with E-state index in [4.69, 9.17) is 10.2 Å². The van der Waals surface area contributed by atoms with E-state index in [-0.39, 0.29) is 25.0 Å². The lowest BCUT2D eigenvalue weighted by atomic mass is 9.99. The summed E-state index contributed by atoms with van der Waals surface area (Å²) in [5, 5.41) is 17.7. The molecule has 2 amide bonds. The largest absolute Gasteiger partial charge is 0.481 e. The second kappa shape index (κ2) is 7.20. The Morgan fingerprint density at radius 2 is 2.17 bits per heavy atom. The van der Waals surface area contributed by atoms with Crippen molar-refractivity contribution < 1.29 is 19.8 Å². The van der Waals surface area contributed by atoms with Gasteiger partial charge in [0.05, 0.1) is 0 Å². The van der Waals surface area contributed by atoms with Crippen LogP contribution in [0.15, 0.2) is 0 Å². The molecule has 1 rings (SSSR count). The van der Waals surface area contributed by atoms with Gasteiger partial charge in [0, 0.05) is 39.7 Å². The number of rotatable bonds is 5. The summed E-state index contributed by atoms with van der Waals surface area (Å²) < 4.78 is 0. The Kier molecular flexibility index (Phi) is 5.91. The first-order valence-electron chi connectivity index (χ1n) is 6.37. The van der Waals surface area contributed by atoms with Crippen LogP contribution in [0.25, 0.3) is 0 Å². The van der Waals surface area contributed by atoms with Crippen LogP contribution in [0.1, 0.15) is 25.7 Å². The quantitative estimate of drug-likeness (QED) is 0.757. The topological polar surface area (TPSA) is 81.1 Å². The van der Waals surface area contributed by atoms with Crippen LogP contribution in [0.4, 0.5) is 4.79 Å². The molecular weight excluding hydrogens is 236 g/mol. The zero-order valence-electron chi connectivity index (χ0n) is 10.8. The summed E-state index contributed by atoms with van der Waals surface area (Å²) in [7, 11) is 1.69. The van der Waals surface area contributed by atoms with Gasteiger partial charge in [-0.1, -0.05) is 0 Å². The van der Waals surface area contributed by atoms with E-state index in [1.807, 2.05) is 0 Å². The van der Waals surface area contributed by atoms with Gasteiger partial charge in [-0.3, -0.25) is 4.79 Å². The van der Waals surface area contributed by atoms with Gasteiger partial charge in [0.1, 0.15) is 0 Å². The minimum atomic E-state index is -0.839. The Morgan fingerprint density at radius 1 is 1.44 bits per heavy atom. The molecule has 0 radical (unpaired) electrons. The zero-order valence-corrected chi connectivity index (χ0v) is 10.8. The van der Waals surface area contributed by atoms with Gasteiger partial charge in [-0.2, -0.15) is 0 Å². The third-order valence-electron chi connectivity index (χ3n) is 3.26. The standard InChI is InChI=1S/C12H22N2O4/c1-13(6-3-5-11(16)17)12(18)14-7-2-4-10(8-14)9-15/h10,15H,2-9H2,1H3,(H,16,17). The van der Waals surface area contributed by atoms with E-state index in [9.17, 15) is 9.59 Å². The minimum absolute atomic E-state index is 0.0708. The molecule has 104 valence electrons.